The second-order valence-electron chi connectivity index (χ2n) is 3.79. The minimum absolute atomic E-state index is 0.686. The van der Waals surface area contributed by atoms with E-state index in [-0.39, 0.29) is 0 Å². The summed E-state index contributed by atoms with van der Waals surface area (Å²) in [5.74, 6) is 0.741. The van der Waals surface area contributed by atoms with Crippen LogP contribution in [0, 0.1) is 6.92 Å². The Morgan fingerprint density at radius 3 is 2.85 bits per heavy atom. The Labute approximate surface area is 91.7 Å². The van der Waals surface area contributed by atoms with Crippen molar-refractivity contribution in [1.82, 2.24) is 5.32 Å². The molecule has 0 radical (unpaired) electrons. The van der Waals surface area contributed by atoms with Gasteiger partial charge in [-0.25, -0.2) is 0 Å². The van der Waals surface area contributed by atoms with Crippen LogP contribution >= 0.6 is 27.3 Å². The van der Waals surface area contributed by atoms with Gasteiger partial charge in [0.15, 0.2) is 0 Å². The number of hydrogen-bond acceptors (Lipinski definition) is 2. The van der Waals surface area contributed by atoms with Crippen LogP contribution in [0.1, 0.15) is 29.0 Å². The first-order valence-corrected chi connectivity index (χ1v) is 6.27. The van der Waals surface area contributed by atoms with E-state index in [0.717, 1.165) is 12.5 Å². The van der Waals surface area contributed by atoms with Crippen molar-refractivity contribution in [1.29, 1.82) is 0 Å². The fraction of sp³-hybridized carbons (Fsp3) is 0.600. The van der Waals surface area contributed by atoms with Gasteiger partial charge in [-0.2, -0.15) is 0 Å². The van der Waals surface area contributed by atoms with Crippen LogP contribution in [0.25, 0.3) is 0 Å². The molecule has 0 aromatic carbocycles. The summed E-state index contributed by atoms with van der Waals surface area (Å²) in [7, 11) is 0. The third kappa shape index (κ3) is 1.97. The van der Waals surface area contributed by atoms with Crippen LogP contribution in [0.3, 0.4) is 0 Å². The van der Waals surface area contributed by atoms with E-state index in [2.05, 4.69) is 41.2 Å². The molecule has 0 saturated carbocycles. The maximum atomic E-state index is 3.57. The zero-order valence-electron chi connectivity index (χ0n) is 7.93. The SMILES string of the molecule is Cc1sc(C2CNC(C)C2)cc1Br. The molecule has 3 heteroatoms. The molecule has 72 valence electrons. The smallest absolute Gasteiger partial charge is 0.0314 e. The van der Waals surface area contributed by atoms with Gasteiger partial charge in [0, 0.05) is 32.7 Å². The third-order valence-corrected chi connectivity index (χ3v) is 4.93. The molecule has 1 saturated heterocycles. The summed E-state index contributed by atoms with van der Waals surface area (Å²) < 4.78 is 1.27. The molecule has 13 heavy (non-hydrogen) atoms. The topological polar surface area (TPSA) is 12.0 Å². The lowest BCUT2D eigenvalue weighted by Gasteiger charge is -2.03. The predicted molar refractivity (Wildman–Crippen MR) is 61.6 cm³/mol. The minimum atomic E-state index is 0.686. The molecule has 0 amide bonds. The fourth-order valence-corrected chi connectivity index (χ4v) is 3.51. The van der Waals surface area contributed by atoms with Crippen molar-refractivity contribution in [3.63, 3.8) is 0 Å². The molecule has 0 aliphatic carbocycles. The first kappa shape index (κ1) is 9.69. The number of nitrogens with one attached hydrogen (secondary N) is 1. The zero-order valence-corrected chi connectivity index (χ0v) is 10.3. The monoisotopic (exact) mass is 259 g/mol. The van der Waals surface area contributed by atoms with Gasteiger partial charge in [0.05, 0.1) is 0 Å². The summed E-state index contributed by atoms with van der Waals surface area (Å²) in [6, 6.07) is 2.97. The highest BCUT2D eigenvalue weighted by Crippen LogP contribution is 2.35. The molecule has 1 aromatic heterocycles. The molecule has 1 aliphatic rings. The van der Waals surface area contributed by atoms with Gasteiger partial charge < -0.3 is 5.32 Å². The Morgan fingerprint density at radius 2 is 2.38 bits per heavy atom. The second kappa shape index (κ2) is 3.71. The highest BCUT2D eigenvalue weighted by atomic mass is 79.9. The Bertz CT molecular complexity index is 288. The van der Waals surface area contributed by atoms with Gasteiger partial charge in [0.2, 0.25) is 0 Å². The maximum Gasteiger partial charge on any atom is 0.0314 e. The van der Waals surface area contributed by atoms with Crippen molar-refractivity contribution in [2.24, 2.45) is 0 Å². The molecule has 0 bridgehead atoms. The van der Waals surface area contributed by atoms with Gasteiger partial charge >= 0.3 is 0 Å². The summed E-state index contributed by atoms with van der Waals surface area (Å²) in [6.45, 7) is 5.58. The first-order chi connectivity index (χ1) is 6.16. The lowest BCUT2D eigenvalue weighted by atomic mass is 10.1. The highest BCUT2D eigenvalue weighted by molar-refractivity contribution is 9.10. The van der Waals surface area contributed by atoms with Crippen molar-refractivity contribution >= 4 is 27.3 Å². The van der Waals surface area contributed by atoms with Crippen LogP contribution in [-0.2, 0) is 0 Å². The molecule has 1 aliphatic heterocycles. The van der Waals surface area contributed by atoms with E-state index >= 15 is 0 Å². The standard InChI is InChI=1S/C10H14BrNS/c1-6-3-8(5-12-6)10-4-9(11)7(2)13-10/h4,6,8,12H,3,5H2,1-2H3. The maximum absolute atomic E-state index is 3.57. The molecule has 2 atom stereocenters. The summed E-state index contributed by atoms with van der Waals surface area (Å²) >= 11 is 5.50. The second-order valence-corrected chi connectivity index (χ2v) is 5.94. The molecule has 1 N–H and O–H groups in total. The fourth-order valence-electron chi connectivity index (χ4n) is 1.84. The van der Waals surface area contributed by atoms with Gasteiger partial charge in [0.25, 0.3) is 0 Å². The van der Waals surface area contributed by atoms with Crippen molar-refractivity contribution in [2.75, 3.05) is 6.54 Å². The largest absolute Gasteiger partial charge is 0.314 e. The van der Waals surface area contributed by atoms with Crippen molar-refractivity contribution in [3.05, 3.63) is 20.3 Å². The highest BCUT2D eigenvalue weighted by Gasteiger charge is 2.23. The molecule has 0 spiro atoms. The Kier molecular flexibility index (Phi) is 2.77. The number of halogens is 1. The van der Waals surface area contributed by atoms with Gasteiger partial charge in [-0.15, -0.1) is 11.3 Å². The summed E-state index contributed by atoms with van der Waals surface area (Å²) in [4.78, 5) is 2.93. The van der Waals surface area contributed by atoms with Crippen LogP contribution < -0.4 is 5.32 Å². The van der Waals surface area contributed by atoms with E-state index in [4.69, 9.17) is 0 Å². The first-order valence-electron chi connectivity index (χ1n) is 4.66. The van der Waals surface area contributed by atoms with E-state index in [9.17, 15) is 0 Å². The molecule has 2 heterocycles. The van der Waals surface area contributed by atoms with Crippen LogP contribution in [0.15, 0.2) is 10.5 Å². The molecular weight excluding hydrogens is 246 g/mol. The van der Waals surface area contributed by atoms with E-state index in [1.165, 1.54) is 20.6 Å². The van der Waals surface area contributed by atoms with Crippen LogP contribution in [0.4, 0.5) is 0 Å². The molecular formula is C10H14BrNS. The lowest BCUT2D eigenvalue weighted by molar-refractivity contribution is 0.659. The summed E-state index contributed by atoms with van der Waals surface area (Å²) in [5, 5.41) is 3.49. The predicted octanol–water partition coefficient (Wildman–Crippen LogP) is 3.28. The molecule has 1 nitrogen and oxygen atoms in total. The number of rotatable bonds is 1. The van der Waals surface area contributed by atoms with Crippen molar-refractivity contribution in [2.45, 2.75) is 32.2 Å². The number of aryl methyl sites for hydroxylation is 1. The quantitative estimate of drug-likeness (QED) is 0.817. The van der Waals surface area contributed by atoms with E-state index in [0.29, 0.717) is 6.04 Å². The van der Waals surface area contributed by atoms with Crippen LogP contribution in [0.2, 0.25) is 0 Å². The average Bonchev–Trinajstić information content (AvgIpc) is 2.61. The third-order valence-electron chi connectivity index (χ3n) is 2.63. The van der Waals surface area contributed by atoms with Crippen LogP contribution in [-0.4, -0.2) is 12.6 Å². The number of hydrogen-bond donors (Lipinski definition) is 1. The lowest BCUT2D eigenvalue weighted by Crippen LogP contribution is -2.16. The number of thiophene rings is 1. The van der Waals surface area contributed by atoms with Crippen LogP contribution in [0.5, 0.6) is 0 Å². The van der Waals surface area contributed by atoms with Crippen molar-refractivity contribution in [3.8, 4) is 0 Å². The van der Waals surface area contributed by atoms with Gasteiger partial charge in [0.1, 0.15) is 0 Å². The Morgan fingerprint density at radius 1 is 1.62 bits per heavy atom. The van der Waals surface area contributed by atoms with Crippen molar-refractivity contribution < 1.29 is 0 Å². The zero-order chi connectivity index (χ0) is 9.42. The van der Waals surface area contributed by atoms with Gasteiger partial charge in [-0.3, -0.25) is 0 Å². The van der Waals surface area contributed by atoms with E-state index < -0.39 is 0 Å². The molecule has 1 fully saturated rings. The average molecular weight is 260 g/mol. The summed E-state index contributed by atoms with van der Waals surface area (Å²) in [6.07, 6.45) is 1.28. The molecule has 1 aromatic rings. The summed E-state index contributed by atoms with van der Waals surface area (Å²) in [5.41, 5.74) is 0. The van der Waals surface area contributed by atoms with Gasteiger partial charge in [-0.1, -0.05) is 0 Å². The van der Waals surface area contributed by atoms with E-state index in [1.807, 2.05) is 11.3 Å². The Hall–Kier alpha value is 0.140. The van der Waals surface area contributed by atoms with Gasteiger partial charge in [-0.05, 0) is 42.3 Å². The molecule has 2 rings (SSSR count). The molecule has 2 unspecified atom stereocenters. The minimum Gasteiger partial charge on any atom is -0.314 e. The Balaban J connectivity index is 2.17. The normalized spacial score (nSPS) is 28.2. The van der Waals surface area contributed by atoms with E-state index in [1.54, 1.807) is 0 Å².